The summed E-state index contributed by atoms with van der Waals surface area (Å²) in [4.78, 5) is 11.4. The smallest absolute Gasteiger partial charge is 0.372 e. The molecule has 0 radical (unpaired) electrons. The number of nitrogens with one attached hydrogen (secondary N) is 1. The monoisotopic (exact) mass is 331 g/mol. The molecule has 18 heavy (non-hydrogen) atoms. The summed E-state index contributed by atoms with van der Waals surface area (Å²) < 4.78 is 39.6. The maximum Gasteiger partial charge on any atom is 0.411 e. The molecule has 1 fully saturated rings. The molecule has 1 amide bonds. The van der Waals surface area contributed by atoms with E-state index in [2.05, 4.69) is 26.0 Å². The first-order valence-corrected chi connectivity index (χ1v) is 6.96. The molecule has 0 atom stereocenters. The number of amides is 1. The van der Waals surface area contributed by atoms with Gasteiger partial charge >= 0.3 is 6.18 Å². The quantitative estimate of drug-likeness (QED) is 0.548. The number of hydrogen-bond acceptors (Lipinski definition) is 2. The van der Waals surface area contributed by atoms with Crippen molar-refractivity contribution in [2.45, 2.75) is 31.9 Å². The Balaban J connectivity index is 2.04. The van der Waals surface area contributed by atoms with Crippen molar-refractivity contribution in [2.24, 2.45) is 5.41 Å². The average Bonchev–Trinajstić information content (AvgIpc) is 3.02. The van der Waals surface area contributed by atoms with Crippen LogP contribution in [0.3, 0.4) is 0 Å². The van der Waals surface area contributed by atoms with Gasteiger partial charge in [-0.05, 0) is 24.7 Å². The van der Waals surface area contributed by atoms with E-state index in [1.54, 1.807) is 0 Å². The molecule has 7 heteroatoms. The van der Waals surface area contributed by atoms with E-state index >= 15 is 0 Å². The van der Waals surface area contributed by atoms with E-state index < -0.39 is 12.8 Å². The number of hydrogen-bond donors (Lipinski definition) is 1. The zero-order chi connectivity index (χ0) is 13.6. The Labute approximate surface area is 113 Å². The van der Waals surface area contributed by atoms with Gasteiger partial charge in [-0.1, -0.05) is 15.9 Å². The molecule has 0 aromatic heterocycles. The molecule has 0 heterocycles. The topological polar surface area (TPSA) is 38.3 Å². The highest BCUT2D eigenvalue weighted by Gasteiger charge is 2.41. The van der Waals surface area contributed by atoms with Crippen molar-refractivity contribution in [3.8, 4) is 0 Å². The predicted molar refractivity (Wildman–Crippen MR) is 64.6 cm³/mol. The third-order valence-electron chi connectivity index (χ3n) is 2.98. The SMILES string of the molecule is O=C(CCOCC(F)(F)F)NCC1(CCBr)CC1. The lowest BCUT2D eigenvalue weighted by atomic mass is 10.0. The first-order valence-electron chi connectivity index (χ1n) is 5.84. The summed E-state index contributed by atoms with van der Waals surface area (Å²) in [5.41, 5.74) is 0.214. The number of rotatable bonds is 8. The van der Waals surface area contributed by atoms with Crippen LogP contribution in [0, 0.1) is 5.41 Å². The molecule has 1 rings (SSSR count). The van der Waals surface area contributed by atoms with Gasteiger partial charge in [-0.3, -0.25) is 4.79 Å². The predicted octanol–water partition coefficient (Wildman–Crippen LogP) is 2.64. The van der Waals surface area contributed by atoms with Gasteiger partial charge in [0.1, 0.15) is 6.61 Å². The maximum absolute atomic E-state index is 11.7. The van der Waals surface area contributed by atoms with Crippen molar-refractivity contribution in [1.82, 2.24) is 5.32 Å². The molecule has 0 unspecified atom stereocenters. The molecule has 0 bridgehead atoms. The van der Waals surface area contributed by atoms with E-state index in [4.69, 9.17) is 0 Å². The lowest BCUT2D eigenvalue weighted by molar-refractivity contribution is -0.174. The van der Waals surface area contributed by atoms with Gasteiger partial charge in [-0.25, -0.2) is 0 Å². The molecule has 106 valence electrons. The van der Waals surface area contributed by atoms with Gasteiger partial charge in [0.25, 0.3) is 0 Å². The van der Waals surface area contributed by atoms with Gasteiger partial charge in [0.2, 0.25) is 5.91 Å². The van der Waals surface area contributed by atoms with E-state index in [-0.39, 0.29) is 24.3 Å². The van der Waals surface area contributed by atoms with Crippen molar-refractivity contribution in [3.63, 3.8) is 0 Å². The Morgan fingerprint density at radius 3 is 2.56 bits per heavy atom. The second-order valence-corrected chi connectivity index (χ2v) is 5.43. The Bertz CT molecular complexity index is 280. The molecule has 0 saturated heterocycles. The Morgan fingerprint density at radius 1 is 1.39 bits per heavy atom. The Morgan fingerprint density at radius 2 is 2.06 bits per heavy atom. The Kier molecular flexibility index (Phi) is 5.91. The minimum atomic E-state index is -4.33. The normalized spacial score (nSPS) is 17.6. The first kappa shape index (κ1) is 15.8. The highest BCUT2D eigenvalue weighted by atomic mass is 79.9. The van der Waals surface area contributed by atoms with Crippen molar-refractivity contribution in [3.05, 3.63) is 0 Å². The van der Waals surface area contributed by atoms with E-state index in [9.17, 15) is 18.0 Å². The number of halogens is 4. The second-order valence-electron chi connectivity index (χ2n) is 4.63. The van der Waals surface area contributed by atoms with Gasteiger partial charge in [0.05, 0.1) is 6.61 Å². The van der Waals surface area contributed by atoms with Crippen LogP contribution in [0.2, 0.25) is 0 Å². The zero-order valence-electron chi connectivity index (χ0n) is 9.99. The molecular weight excluding hydrogens is 315 g/mol. The van der Waals surface area contributed by atoms with Crippen LogP contribution in [-0.2, 0) is 9.53 Å². The second kappa shape index (κ2) is 6.75. The number of carbonyl (C=O) groups excluding carboxylic acids is 1. The summed E-state index contributed by atoms with van der Waals surface area (Å²) in [7, 11) is 0. The molecular formula is C11H17BrF3NO2. The van der Waals surface area contributed by atoms with Crippen molar-refractivity contribution in [1.29, 1.82) is 0 Å². The van der Waals surface area contributed by atoms with Crippen LogP contribution in [0.15, 0.2) is 0 Å². The standard InChI is InChI=1S/C11H17BrF3NO2/c12-5-4-10(2-3-10)7-16-9(17)1-6-18-8-11(13,14)15/h1-8H2,(H,16,17). The zero-order valence-corrected chi connectivity index (χ0v) is 11.6. The molecule has 0 spiro atoms. The van der Waals surface area contributed by atoms with Crippen LogP contribution < -0.4 is 5.32 Å². The van der Waals surface area contributed by atoms with Gasteiger partial charge in [0, 0.05) is 18.3 Å². The van der Waals surface area contributed by atoms with Crippen molar-refractivity contribution < 1.29 is 22.7 Å². The van der Waals surface area contributed by atoms with Crippen LogP contribution in [0.5, 0.6) is 0 Å². The van der Waals surface area contributed by atoms with Gasteiger partial charge in [0.15, 0.2) is 0 Å². The molecule has 1 aliphatic rings. The van der Waals surface area contributed by atoms with Crippen LogP contribution in [0.1, 0.15) is 25.7 Å². The third-order valence-corrected chi connectivity index (χ3v) is 3.38. The van der Waals surface area contributed by atoms with Crippen molar-refractivity contribution >= 4 is 21.8 Å². The lowest BCUT2D eigenvalue weighted by Crippen LogP contribution is -2.31. The molecule has 1 saturated carbocycles. The van der Waals surface area contributed by atoms with Crippen LogP contribution >= 0.6 is 15.9 Å². The largest absolute Gasteiger partial charge is 0.411 e. The van der Waals surface area contributed by atoms with E-state index in [0.29, 0.717) is 6.54 Å². The van der Waals surface area contributed by atoms with Gasteiger partial charge in [-0.2, -0.15) is 13.2 Å². The minimum absolute atomic E-state index is 0.0273. The lowest BCUT2D eigenvalue weighted by Gasteiger charge is -2.14. The molecule has 0 aromatic carbocycles. The summed E-state index contributed by atoms with van der Waals surface area (Å²) in [5, 5.41) is 3.65. The molecule has 0 aliphatic heterocycles. The summed E-state index contributed by atoms with van der Waals surface area (Å²) >= 11 is 3.36. The highest BCUT2D eigenvalue weighted by molar-refractivity contribution is 9.09. The first-order chi connectivity index (χ1) is 8.37. The van der Waals surface area contributed by atoms with E-state index in [1.807, 2.05) is 0 Å². The van der Waals surface area contributed by atoms with Gasteiger partial charge in [-0.15, -0.1) is 0 Å². The number of carbonyl (C=O) groups is 1. The highest BCUT2D eigenvalue weighted by Crippen LogP contribution is 2.48. The summed E-state index contributed by atoms with van der Waals surface area (Å²) in [5.74, 6) is -0.252. The fourth-order valence-electron chi connectivity index (χ4n) is 1.62. The van der Waals surface area contributed by atoms with Crippen LogP contribution in [0.25, 0.3) is 0 Å². The molecule has 1 aliphatic carbocycles. The maximum atomic E-state index is 11.7. The molecule has 1 N–H and O–H groups in total. The summed E-state index contributed by atoms with van der Waals surface area (Å²) in [6.07, 6.45) is -1.14. The third kappa shape index (κ3) is 6.58. The summed E-state index contributed by atoms with van der Waals surface area (Å²) in [6, 6.07) is 0. The van der Waals surface area contributed by atoms with Crippen LogP contribution in [0.4, 0.5) is 13.2 Å². The fraction of sp³-hybridized carbons (Fsp3) is 0.909. The number of alkyl halides is 4. The minimum Gasteiger partial charge on any atom is -0.372 e. The summed E-state index contributed by atoms with van der Waals surface area (Å²) in [6.45, 7) is -0.888. The van der Waals surface area contributed by atoms with E-state index in [0.717, 1.165) is 24.6 Å². The van der Waals surface area contributed by atoms with Crippen LogP contribution in [-0.4, -0.2) is 37.2 Å². The fourth-order valence-corrected chi connectivity index (χ4v) is 2.46. The average molecular weight is 332 g/mol. The van der Waals surface area contributed by atoms with Crippen molar-refractivity contribution in [2.75, 3.05) is 25.1 Å². The Hall–Kier alpha value is -0.300. The van der Waals surface area contributed by atoms with E-state index in [1.165, 1.54) is 0 Å². The molecule has 3 nitrogen and oxygen atoms in total. The van der Waals surface area contributed by atoms with Gasteiger partial charge < -0.3 is 10.1 Å². The molecule has 0 aromatic rings. The number of ether oxygens (including phenoxy) is 1.